The van der Waals surface area contributed by atoms with Crippen LogP contribution in [0.1, 0.15) is 17.9 Å². The number of hydrogen-bond donors (Lipinski definition) is 1. The molecule has 6 heteroatoms. The lowest BCUT2D eigenvalue weighted by Crippen LogP contribution is -2.42. The molecule has 1 saturated heterocycles. The topological polar surface area (TPSA) is 41.6 Å². The van der Waals surface area contributed by atoms with E-state index in [1.165, 1.54) is 10.0 Å². The molecular weight excluding hydrogens is 449 g/mol. The SMILES string of the molecule is I.NC(=N[C@@H]1C[C@H]1c1ccccc1Br)N1CCSCC1. The van der Waals surface area contributed by atoms with E-state index in [0.29, 0.717) is 12.0 Å². The van der Waals surface area contributed by atoms with E-state index in [4.69, 9.17) is 10.7 Å². The lowest BCUT2D eigenvalue weighted by molar-refractivity contribution is 0.455. The summed E-state index contributed by atoms with van der Waals surface area (Å²) < 4.78 is 1.19. The van der Waals surface area contributed by atoms with Crippen molar-refractivity contribution in [2.75, 3.05) is 24.6 Å². The Balaban J connectivity index is 0.00000147. The van der Waals surface area contributed by atoms with Crippen molar-refractivity contribution in [3.05, 3.63) is 34.3 Å². The average Bonchev–Trinajstić information content (AvgIpc) is 3.19. The molecule has 3 rings (SSSR count). The Morgan fingerprint density at radius 1 is 1.30 bits per heavy atom. The minimum Gasteiger partial charge on any atom is -0.370 e. The van der Waals surface area contributed by atoms with Crippen LogP contribution in [0.15, 0.2) is 33.7 Å². The van der Waals surface area contributed by atoms with Gasteiger partial charge in [-0.15, -0.1) is 24.0 Å². The lowest BCUT2D eigenvalue weighted by atomic mass is 10.1. The fraction of sp³-hybridized carbons (Fsp3) is 0.500. The molecule has 0 radical (unpaired) electrons. The standard InChI is InChI=1S/C14H18BrN3S.HI/c15-12-4-2-1-3-10(12)11-9-13(11)17-14(16)18-5-7-19-8-6-18;/h1-4,11,13H,5-9H2,(H2,16,17);1H/t11-,13+;/m0./s1. The van der Waals surface area contributed by atoms with Gasteiger partial charge >= 0.3 is 0 Å². The Morgan fingerprint density at radius 2 is 2.00 bits per heavy atom. The molecule has 1 heterocycles. The largest absolute Gasteiger partial charge is 0.370 e. The summed E-state index contributed by atoms with van der Waals surface area (Å²) in [6.45, 7) is 2.07. The maximum absolute atomic E-state index is 6.12. The monoisotopic (exact) mass is 467 g/mol. The van der Waals surface area contributed by atoms with Crippen LogP contribution in [-0.2, 0) is 0 Å². The summed E-state index contributed by atoms with van der Waals surface area (Å²) in [5, 5.41) is 0. The summed E-state index contributed by atoms with van der Waals surface area (Å²) in [6, 6.07) is 8.78. The predicted molar refractivity (Wildman–Crippen MR) is 101 cm³/mol. The molecule has 0 aromatic heterocycles. The number of rotatable bonds is 2. The Morgan fingerprint density at radius 3 is 2.70 bits per heavy atom. The van der Waals surface area contributed by atoms with Crippen molar-refractivity contribution in [1.82, 2.24) is 4.90 Å². The van der Waals surface area contributed by atoms with Gasteiger partial charge in [-0.05, 0) is 18.1 Å². The second kappa shape index (κ2) is 7.35. The molecule has 0 spiro atoms. The van der Waals surface area contributed by atoms with Crippen LogP contribution in [0, 0.1) is 0 Å². The van der Waals surface area contributed by atoms with Gasteiger partial charge in [0.05, 0.1) is 6.04 Å². The number of nitrogens with two attached hydrogens (primary N) is 1. The van der Waals surface area contributed by atoms with Crippen LogP contribution >= 0.6 is 51.7 Å². The highest BCUT2D eigenvalue weighted by Gasteiger charge is 2.39. The third kappa shape index (κ3) is 3.82. The number of guanidine groups is 1. The van der Waals surface area contributed by atoms with Crippen LogP contribution in [-0.4, -0.2) is 41.5 Å². The smallest absolute Gasteiger partial charge is 0.191 e. The van der Waals surface area contributed by atoms with Gasteiger partial charge < -0.3 is 10.6 Å². The molecule has 3 nitrogen and oxygen atoms in total. The molecular formula is C14H19BrIN3S. The molecule has 1 saturated carbocycles. The Kier molecular flexibility index (Phi) is 6.04. The number of nitrogens with zero attached hydrogens (tertiary/aromatic N) is 2. The summed E-state index contributed by atoms with van der Waals surface area (Å²) >= 11 is 5.61. The van der Waals surface area contributed by atoms with Crippen molar-refractivity contribution in [3.8, 4) is 0 Å². The van der Waals surface area contributed by atoms with Crippen LogP contribution < -0.4 is 5.73 Å². The predicted octanol–water partition coefficient (Wildman–Crippen LogP) is 3.29. The molecule has 110 valence electrons. The fourth-order valence-electron chi connectivity index (χ4n) is 2.48. The Labute approximate surface area is 149 Å². The van der Waals surface area contributed by atoms with Crippen molar-refractivity contribution < 1.29 is 0 Å². The van der Waals surface area contributed by atoms with E-state index in [1.807, 2.05) is 17.8 Å². The maximum atomic E-state index is 6.12. The Hall–Kier alpha value is 0.0500. The van der Waals surface area contributed by atoms with E-state index in [1.54, 1.807) is 0 Å². The number of hydrogen-bond acceptors (Lipinski definition) is 2. The summed E-state index contributed by atoms with van der Waals surface area (Å²) in [5.41, 5.74) is 7.48. The molecule has 2 fully saturated rings. The second-order valence-electron chi connectivity index (χ2n) is 5.02. The molecule has 0 bridgehead atoms. The van der Waals surface area contributed by atoms with Crippen molar-refractivity contribution >= 4 is 57.6 Å². The number of benzene rings is 1. The van der Waals surface area contributed by atoms with E-state index in [0.717, 1.165) is 37.0 Å². The lowest BCUT2D eigenvalue weighted by Gasteiger charge is -2.27. The van der Waals surface area contributed by atoms with Crippen LogP contribution in [0.25, 0.3) is 0 Å². The highest BCUT2D eigenvalue weighted by Crippen LogP contribution is 2.46. The fourth-order valence-corrected chi connectivity index (χ4v) is 3.96. The first-order chi connectivity index (χ1) is 9.25. The van der Waals surface area contributed by atoms with Crippen molar-refractivity contribution in [2.24, 2.45) is 10.7 Å². The minimum atomic E-state index is 0. The molecule has 2 N–H and O–H groups in total. The minimum absolute atomic E-state index is 0. The average molecular weight is 468 g/mol. The van der Waals surface area contributed by atoms with E-state index in [9.17, 15) is 0 Å². The number of aliphatic imine (C=N–C) groups is 1. The van der Waals surface area contributed by atoms with Gasteiger partial charge in [0.1, 0.15) is 0 Å². The first-order valence-corrected chi connectivity index (χ1v) is 8.61. The normalized spacial score (nSPS) is 26.1. The van der Waals surface area contributed by atoms with Crippen molar-refractivity contribution in [3.63, 3.8) is 0 Å². The summed E-state index contributed by atoms with van der Waals surface area (Å²) in [6.07, 6.45) is 1.12. The molecule has 2 atom stereocenters. The van der Waals surface area contributed by atoms with Crippen LogP contribution in [0.2, 0.25) is 0 Å². The Bertz CT molecular complexity index is 491. The van der Waals surface area contributed by atoms with Crippen molar-refractivity contribution in [1.29, 1.82) is 0 Å². The van der Waals surface area contributed by atoms with E-state index < -0.39 is 0 Å². The number of thioether (sulfide) groups is 1. The van der Waals surface area contributed by atoms with Crippen molar-refractivity contribution in [2.45, 2.75) is 18.4 Å². The quantitative estimate of drug-likeness (QED) is 0.412. The molecule has 1 aliphatic heterocycles. The van der Waals surface area contributed by atoms with E-state index >= 15 is 0 Å². The zero-order chi connectivity index (χ0) is 13.2. The van der Waals surface area contributed by atoms with E-state index in [-0.39, 0.29) is 24.0 Å². The zero-order valence-electron chi connectivity index (χ0n) is 11.2. The number of halogens is 2. The van der Waals surface area contributed by atoms with Crippen LogP contribution in [0.4, 0.5) is 0 Å². The highest BCUT2D eigenvalue weighted by molar-refractivity contribution is 14.0. The molecule has 2 aliphatic rings. The molecule has 1 aromatic carbocycles. The third-order valence-electron chi connectivity index (χ3n) is 3.69. The maximum Gasteiger partial charge on any atom is 0.191 e. The van der Waals surface area contributed by atoms with Gasteiger partial charge in [0.25, 0.3) is 0 Å². The first kappa shape index (κ1) is 16.4. The molecule has 20 heavy (non-hydrogen) atoms. The van der Waals surface area contributed by atoms with Gasteiger partial charge in [-0.3, -0.25) is 0 Å². The van der Waals surface area contributed by atoms with Gasteiger partial charge in [0.15, 0.2) is 5.96 Å². The summed E-state index contributed by atoms with van der Waals surface area (Å²) in [7, 11) is 0. The van der Waals surface area contributed by atoms with Gasteiger partial charge in [-0.25, -0.2) is 4.99 Å². The summed E-state index contributed by atoms with van der Waals surface area (Å²) in [5.74, 6) is 3.59. The molecule has 1 aliphatic carbocycles. The second-order valence-corrected chi connectivity index (χ2v) is 7.10. The molecule has 1 aromatic rings. The highest BCUT2D eigenvalue weighted by atomic mass is 127. The third-order valence-corrected chi connectivity index (χ3v) is 5.36. The molecule has 0 amide bonds. The van der Waals surface area contributed by atoms with E-state index in [2.05, 4.69) is 39.0 Å². The van der Waals surface area contributed by atoms with Gasteiger partial charge in [0.2, 0.25) is 0 Å². The summed E-state index contributed by atoms with van der Waals surface area (Å²) in [4.78, 5) is 6.92. The van der Waals surface area contributed by atoms with Gasteiger partial charge in [-0.1, -0.05) is 34.1 Å². The zero-order valence-corrected chi connectivity index (χ0v) is 15.9. The first-order valence-electron chi connectivity index (χ1n) is 6.66. The van der Waals surface area contributed by atoms with Crippen LogP contribution in [0.3, 0.4) is 0 Å². The van der Waals surface area contributed by atoms with Gasteiger partial charge in [-0.2, -0.15) is 11.8 Å². The van der Waals surface area contributed by atoms with Gasteiger partial charge in [0, 0.05) is 35.0 Å². The molecule has 0 unspecified atom stereocenters. The van der Waals surface area contributed by atoms with Crippen LogP contribution in [0.5, 0.6) is 0 Å².